The van der Waals surface area contributed by atoms with E-state index in [0.717, 1.165) is 58.5 Å². The molecule has 0 aliphatic carbocycles. The van der Waals surface area contributed by atoms with Crippen molar-refractivity contribution in [1.29, 1.82) is 0 Å². The summed E-state index contributed by atoms with van der Waals surface area (Å²) in [7, 11) is 0. The van der Waals surface area contributed by atoms with Crippen LogP contribution in [0.15, 0.2) is 67.1 Å². The highest BCUT2D eigenvalue weighted by molar-refractivity contribution is 5.98. The molecule has 180 valence electrons. The fraction of sp³-hybridized carbons (Fsp3) is 0.250. The van der Waals surface area contributed by atoms with Gasteiger partial charge in [0.05, 0.1) is 11.7 Å². The smallest absolute Gasteiger partial charge is 0.253 e. The third-order valence-electron chi connectivity index (χ3n) is 7.69. The third-order valence-corrected chi connectivity index (χ3v) is 7.69. The van der Waals surface area contributed by atoms with E-state index in [2.05, 4.69) is 37.9 Å². The molecule has 0 saturated carbocycles. The normalized spacial score (nSPS) is 18.0. The van der Waals surface area contributed by atoms with Crippen molar-refractivity contribution in [2.45, 2.75) is 31.2 Å². The molecule has 8 heteroatoms. The summed E-state index contributed by atoms with van der Waals surface area (Å²) in [6, 6.07) is 16.3. The lowest BCUT2D eigenvalue weighted by molar-refractivity contribution is 0.0711. The Labute approximate surface area is 208 Å². The number of nitrogens with one attached hydrogen (secondary N) is 2. The average Bonchev–Trinajstić information content (AvgIpc) is 3.64. The Morgan fingerprint density at radius 2 is 1.94 bits per heavy atom. The van der Waals surface area contributed by atoms with E-state index in [1.54, 1.807) is 6.20 Å². The summed E-state index contributed by atoms with van der Waals surface area (Å²) in [5, 5.41) is 4.68. The number of fused-ring (bicyclic) bond motifs is 3. The Morgan fingerprint density at radius 1 is 1.08 bits per heavy atom. The molecule has 0 spiro atoms. The van der Waals surface area contributed by atoms with Gasteiger partial charge in [0.2, 0.25) is 0 Å². The first kappa shape index (κ1) is 21.0. The molecule has 8 nitrogen and oxygen atoms in total. The molecule has 3 aromatic heterocycles. The highest BCUT2D eigenvalue weighted by Gasteiger charge is 2.32. The van der Waals surface area contributed by atoms with Crippen LogP contribution in [0.25, 0.3) is 16.4 Å². The first-order valence-corrected chi connectivity index (χ1v) is 12.5. The fourth-order valence-electron chi connectivity index (χ4n) is 5.82. The summed E-state index contributed by atoms with van der Waals surface area (Å²) < 4.78 is 2.12. The maximum atomic E-state index is 13.2. The highest BCUT2D eigenvalue weighted by atomic mass is 16.2. The van der Waals surface area contributed by atoms with Crippen LogP contribution in [0.5, 0.6) is 0 Å². The number of nitrogen functional groups attached to an aromatic ring is 1. The molecule has 5 aromatic rings. The van der Waals surface area contributed by atoms with Crippen molar-refractivity contribution in [1.82, 2.24) is 24.3 Å². The predicted octanol–water partition coefficient (Wildman–Crippen LogP) is 4.52. The van der Waals surface area contributed by atoms with Crippen LogP contribution in [0.3, 0.4) is 0 Å². The lowest BCUT2D eigenvalue weighted by Gasteiger charge is -2.31. The molecule has 7 rings (SSSR count). The summed E-state index contributed by atoms with van der Waals surface area (Å²) >= 11 is 0. The number of aromatic amines is 1. The lowest BCUT2D eigenvalue weighted by atomic mass is 9.95. The fourth-order valence-corrected chi connectivity index (χ4v) is 5.82. The lowest BCUT2D eigenvalue weighted by Crippen LogP contribution is -2.38. The Bertz CT molecular complexity index is 1580. The monoisotopic (exact) mass is 477 g/mol. The topological polar surface area (TPSA) is 104 Å². The number of likely N-dealkylation sites (tertiary alicyclic amines) is 1. The Hall–Kier alpha value is -4.33. The van der Waals surface area contributed by atoms with E-state index in [4.69, 9.17) is 10.7 Å². The number of nitrogens with two attached hydrogens (primary N) is 1. The van der Waals surface area contributed by atoms with E-state index >= 15 is 0 Å². The summed E-state index contributed by atoms with van der Waals surface area (Å²) in [5.74, 6) is 1.84. The van der Waals surface area contributed by atoms with Crippen molar-refractivity contribution >= 4 is 33.8 Å². The van der Waals surface area contributed by atoms with Crippen molar-refractivity contribution in [3.63, 3.8) is 0 Å². The quantitative estimate of drug-likeness (QED) is 0.354. The van der Waals surface area contributed by atoms with Gasteiger partial charge in [-0.2, -0.15) is 0 Å². The zero-order valence-electron chi connectivity index (χ0n) is 19.8. The minimum absolute atomic E-state index is 0.0580. The molecule has 2 aliphatic heterocycles. The van der Waals surface area contributed by atoms with Crippen LogP contribution in [0.1, 0.15) is 52.2 Å². The molecular weight excluding hydrogens is 450 g/mol. The minimum atomic E-state index is 0.0580. The van der Waals surface area contributed by atoms with Gasteiger partial charge in [0, 0.05) is 66.2 Å². The molecule has 1 fully saturated rings. The van der Waals surface area contributed by atoms with Gasteiger partial charge in [0.1, 0.15) is 17.2 Å². The van der Waals surface area contributed by atoms with E-state index in [0.29, 0.717) is 18.9 Å². The van der Waals surface area contributed by atoms with Crippen molar-refractivity contribution in [3.8, 4) is 0 Å². The van der Waals surface area contributed by atoms with Crippen molar-refractivity contribution in [3.05, 3.63) is 89.8 Å². The highest BCUT2D eigenvalue weighted by Crippen LogP contribution is 2.38. The molecule has 4 N–H and O–H groups in total. The number of carbonyl (C=O) groups is 1. The maximum Gasteiger partial charge on any atom is 0.253 e. The standard InChI is InChI=1S/C28H27N7O/c29-26-25-24(23-16-18-3-1-2-4-22(18)32-23)33-27(35(25)14-11-31-26)17-8-12-34(13-9-17)28(36)20-5-6-21-19(15-20)7-10-30-21/h1-7,10-11,14-15,17,23,30,32H,8-9,12-13,16H2,(H2,29,31). The van der Waals surface area contributed by atoms with Crippen LogP contribution in [-0.2, 0) is 6.42 Å². The molecule has 0 radical (unpaired) electrons. The number of para-hydroxylation sites is 1. The molecular formula is C28H27N7O. The number of rotatable bonds is 3. The molecule has 1 amide bonds. The van der Waals surface area contributed by atoms with E-state index in [-0.39, 0.29) is 17.9 Å². The number of piperidine rings is 1. The number of nitrogens with zero attached hydrogens (tertiary/aromatic N) is 4. The molecule has 0 bridgehead atoms. The van der Waals surface area contributed by atoms with E-state index in [9.17, 15) is 4.79 Å². The van der Waals surface area contributed by atoms with Gasteiger partial charge in [0.15, 0.2) is 0 Å². The molecule has 1 saturated heterocycles. The zero-order valence-corrected chi connectivity index (χ0v) is 19.8. The Kier molecular flexibility index (Phi) is 4.73. The first-order valence-electron chi connectivity index (χ1n) is 12.5. The third kappa shape index (κ3) is 3.32. The Morgan fingerprint density at radius 3 is 2.81 bits per heavy atom. The first-order chi connectivity index (χ1) is 17.7. The second-order valence-corrected chi connectivity index (χ2v) is 9.79. The van der Waals surface area contributed by atoms with E-state index < -0.39 is 0 Å². The molecule has 36 heavy (non-hydrogen) atoms. The summed E-state index contributed by atoms with van der Waals surface area (Å²) in [4.78, 5) is 27.9. The van der Waals surface area contributed by atoms with Crippen molar-refractivity contribution in [2.75, 3.05) is 24.1 Å². The summed E-state index contributed by atoms with van der Waals surface area (Å²) in [5.41, 5.74) is 12.4. The van der Waals surface area contributed by atoms with Crippen LogP contribution in [0.2, 0.25) is 0 Å². The number of carbonyl (C=O) groups excluding carboxylic acids is 1. The molecule has 1 unspecified atom stereocenters. The van der Waals surface area contributed by atoms with Crippen LogP contribution >= 0.6 is 0 Å². The van der Waals surface area contributed by atoms with Gasteiger partial charge in [-0.25, -0.2) is 9.97 Å². The van der Waals surface area contributed by atoms with E-state index in [1.807, 2.05) is 47.6 Å². The number of aromatic nitrogens is 4. The van der Waals surface area contributed by atoms with Gasteiger partial charge in [-0.15, -0.1) is 0 Å². The van der Waals surface area contributed by atoms with Crippen molar-refractivity contribution in [2.24, 2.45) is 0 Å². The number of imidazole rings is 1. The van der Waals surface area contributed by atoms with Crippen LogP contribution in [-0.4, -0.2) is 43.2 Å². The van der Waals surface area contributed by atoms with E-state index in [1.165, 1.54) is 5.56 Å². The second-order valence-electron chi connectivity index (χ2n) is 9.79. The number of benzene rings is 2. The number of anilines is 2. The predicted molar refractivity (Wildman–Crippen MR) is 140 cm³/mol. The number of H-pyrrole nitrogens is 1. The van der Waals surface area contributed by atoms with Gasteiger partial charge < -0.3 is 20.9 Å². The molecule has 2 aromatic carbocycles. The van der Waals surface area contributed by atoms with Crippen LogP contribution in [0.4, 0.5) is 11.5 Å². The SMILES string of the molecule is Nc1nccn2c(C3CCN(C(=O)c4ccc5[nH]ccc5c4)CC3)nc(C3Cc4ccccc4N3)c12. The van der Waals surface area contributed by atoms with Crippen molar-refractivity contribution < 1.29 is 4.79 Å². The Balaban J connectivity index is 1.14. The van der Waals surface area contributed by atoms with Gasteiger partial charge >= 0.3 is 0 Å². The van der Waals surface area contributed by atoms with Gasteiger partial charge in [-0.1, -0.05) is 18.2 Å². The summed E-state index contributed by atoms with van der Waals surface area (Å²) in [6.45, 7) is 1.40. The largest absolute Gasteiger partial charge is 0.382 e. The van der Waals surface area contributed by atoms with Crippen LogP contribution in [0, 0.1) is 0 Å². The molecule has 2 aliphatic rings. The second kappa shape index (κ2) is 8.12. The number of hydrogen-bond acceptors (Lipinski definition) is 5. The zero-order chi connectivity index (χ0) is 24.2. The molecule has 1 atom stereocenters. The minimum Gasteiger partial charge on any atom is -0.382 e. The molecule has 5 heterocycles. The van der Waals surface area contributed by atoms with Gasteiger partial charge in [-0.05, 0) is 48.7 Å². The van der Waals surface area contributed by atoms with Gasteiger partial charge in [-0.3, -0.25) is 9.20 Å². The van der Waals surface area contributed by atoms with Crippen LogP contribution < -0.4 is 11.1 Å². The number of hydrogen-bond donors (Lipinski definition) is 3. The van der Waals surface area contributed by atoms with Gasteiger partial charge in [0.25, 0.3) is 5.91 Å². The number of amides is 1. The summed E-state index contributed by atoms with van der Waals surface area (Å²) in [6.07, 6.45) is 8.19. The average molecular weight is 478 g/mol. The maximum absolute atomic E-state index is 13.2.